The Morgan fingerprint density at radius 1 is 1.56 bits per heavy atom. The maximum atomic E-state index is 11.8. The third-order valence-electron chi connectivity index (χ3n) is 3.92. The van der Waals surface area contributed by atoms with Crippen molar-refractivity contribution in [2.24, 2.45) is 11.1 Å². The number of β-lactam (4-membered cyclic amide) rings is 1. The molecular weight excluding hydrogens is 366 g/mol. The van der Waals surface area contributed by atoms with Crippen LogP contribution in [0, 0.1) is 5.41 Å². The quantitative estimate of drug-likeness (QED) is 0.421. The number of fused-ring (bicyclic) bond motifs is 1. The summed E-state index contributed by atoms with van der Waals surface area (Å²) in [5, 5.41) is 24.2. The number of thioether (sulfide) groups is 2. The van der Waals surface area contributed by atoms with Crippen molar-refractivity contribution < 1.29 is 14.7 Å². The zero-order valence-corrected chi connectivity index (χ0v) is 16.0. The van der Waals surface area contributed by atoms with Crippen LogP contribution in [0.25, 0.3) is 0 Å². The number of nitrogens with one attached hydrogen (secondary N) is 1. The second-order valence-corrected chi connectivity index (χ2v) is 7.89. The molecule has 0 aromatic carbocycles. The summed E-state index contributed by atoms with van der Waals surface area (Å²) in [5.74, 6) is -0.354. The standard InChI is InChI=1S/C11H16N6O3S2.C2H7N/c1-2-17-10(13-14-15-17)22-5-11(9(19)20)3-16-7(18)6(12)8(16)21-4-11;1-3-2/h6,8H,2-5,12H2,1H3,(H,19,20);3H,1-2H3/t6?,8-,11?;/m1./s1. The molecule has 3 atom stereocenters. The lowest BCUT2D eigenvalue weighted by Crippen LogP contribution is -2.72. The van der Waals surface area contributed by atoms with Gasteiger partial charge in [0.25, 0.3) is 0 Å². The maximum absolute atomic E-state index is 11.8. The number of carbonyl (C=O) groups is 2. The van der Waals surface area contributed by atoms with Gasteiger partial charge in [-0.3, -0.25) is 9.59 Å². The van der Waals surface area contributed by atoms with E-state index < -0.39 is 17.4 Å². The van der Waals surface area contributed by atoms with Crippen molar-refractivity contribution in [1.29, 1.82) is 0 Å². The van der Waals surface area contributed by atoms with Crippen molar-refractivity contribution in [1.82, 2.24) is 30.4 Å². The summed E-state index contributed by atoms with van der Waals surface area (Å²) >= 11 is 2.74. The highest BCUT2D eigenvalue weighted by Gasteiger charge is 2.55. The molecule has 1 aromatic heterocycles. The molecule has 140 valence electrons. The van der Waals surface area contributed by atoms with Gasteiger partial charge in [-0.25, -0.2) is 4.68 Å². The van der Waals surface area contributed by atoms with Crippen LogP contribution < -0.4 is 11.1 Å². The van der Waals surface area contributed by atoms with E-state index in [1.165, 1.54) is 23.5 Å². The molecule has 0 bridgehead atoms. The largest absolute Gasteiger partial charge is 0.481 e. The number of hydrogen-bond donors (Lipinski definition) is 3. The molecule has 10 nitrogen and oxygen atoms in total. The Morgan fingerprint density at radius 2 is 2.24 bits per heavy atom. The molecule has 0 aliphatic carbocycles. The second kappa shape index (κ2) is 8.34. The number of tetrazole rings is 1. The molecule has 0 spiro atoms. The van der Waals surface area contributed by atoms with Gasteiger partial charge >= 0.3 is 5.97 Å². The van der Waals surface area contributed by atoms with Gasteiger partial charge in [0.1, 0.15) is 16.8 Å². The van der Waals surface area contributed by atoms with E-state index in [-0.39, 0.29) is 17.8 Å². The van der Waals surface area contributed by atoms with Crippen LogP contribution in [0.4, 0.5) is 0 Å². The molecule has 2 aliphatic heterocycles. The number of carboxylic acids is 1. The zero-order valence-electron chi connectivity index (χ0n) is 14.4. The molecule has 25 heavy (non-hydrogen) atoms. The molecule has 2 saturated heterocycles. The fourth-order valence-corrected chi connectivity index (χ4v) is 5.26. The number of aromatic nitrogens is 4. The van der Waals surface area contributed by atoms with Crippen LogP contribution in [-0.4, -0.2) is 85.7 Å². The van der Waals surface area contributed by atoms with Crippen LogP contribution in [-0.2, 0) is 16.1 Å². The summed E-state index contributed by atoms with van der Waals surface area (Å²) in [5.41, 5.74) is 4.73. The average molecular weight is 390 g/mol. The molecule has 2 fully saturated rings. The summed E-state index contributed by atoms with van der Waals surface area (Å²) < 4.78 is 1.61. The molecule has 0 saturated carbocycles. The number of nitrogens with two attached hydrogens (primary N) is 1. The third-order valence-corrected chi connectivity index (χ3v) is 6.77. The van der Waals surface area contributed by atoms with Gasteiger partial charge in [-0.1, -0.05) is 11.8 Å². The van der Waals surface area contributed by atoms with E-state index in [0.29, 0.717) is 23.2 Å². The molecule has 1 amide bonds. The van der Waals surface area contributed by atoms with E-state index >= 15 is 0 Å². The molecule has 3 heterocycles. The van der Waals surface area contributed by atoms with Crippen molar-refractivity contribution in [3.8, 4) is 0 Å². The Morgan fingerprint density at radius 3 is 2.84 bits per heavy atom. The molecule has 4 N–H and O–H groups in total. The Kier molecular flexibility index (Phi) is 6.65. The number of rotatable bonds is 5. The van der Waals surface area contributed by atoms with Gasteiger partial charge in [-0.2, -0.15) is 0 Å². The SMILES string of the molecule is CCn1nnnc1SCC1(C(=O)O)CS[C@@H]2C(N)C(=O)N2C1.CNC. The van der Waals surface area contributed by atoms with E-state index in [1.807, 2.05) is 21.0 Å². The number of hydrogen-bond acceptors (Lipinski definition) is 9. The van der Waals surface area contributed by atoms with E-state index in [4.69, 9.17) is 5.73 Å². The lowest BCUT2D eigenvalue weighted by Gasteiger charge is -2.52. The van der Waals surface area contributed by atoms with E-state index in [0.717, 1.165) is 0 Å². The first kappa shape index (κ1) is 19.9. The summed E-state index contributed by atoms with van der Waals surface area (Å²) in [6.07, 6.45) is 0. The van der Waals surface area contributed by atoms with Gasteiger partial charge in [0.2, 0.25) is 11.1 Å². The van der Waals surface area contributed by atoms with Crippen LogP contribution in [0.2, 0.25) is 0 Å². The lowest BCUT2D eigenvalue weighted by molar-refractivity contribution is -0.155. The minimum absolute atomic E-state index is 0.0917. The highest BCUT2D eigenvalue weighted by atomic mass is 32.2. The van der Waals surface area contributed by atoms with E-state index in [1.54, 1.807) is 9.58 Å². The molecule has 0 radical (unpaired) electrons. The molecule has 3 rings (SSSR count). The maximum Gasteiger partial charge on any atom is 0.313 e. The molecule has 1 aromatic rings. The minimum Gasteiger partial charge on any atom is -0.481 e. The van der Waals surface area contributed by atoms with Crippen molar-refractivity contribution in [2.45, 2.75) is 30.0 Å². The summed E-state index contributed by atoms with van der Waals surface area (Å²) in [6.45, 7) is 2.72. The van der Waals surface area contributed by atoms with E-state index in [9.17, 15) is 14.7 Å². The molecule has 12 heteroatoms. The van der Waals surface area contributed by atoms with Crippen LogP contribution in [0.15, 0.2) is 5.16 Å². The van der Waals surface area contributed by atoms with Gasteiger partial charge in [0.15, 0.2) is 0 Å². The fraction of sp³-hybridized carbons (Fsp3) is 0.769. The van der Waals surface area contributed by atoms with Gasteiger partial charge in [0, 0.05) is 24.6 Å². The van der Waals surface area contributed by atoms with Crippen LogP contribution >= 0.6 is 23.5 Å². The first-order chi connectivity index (χ1) is 11.9. The molecular formula is C13H23N7O3S2. The Balaban J connectivity index is 0.000000701. The molecule has 2 aliphatic rings. The zero-order chi connectivity index (χ0) is 18.6. The highest BCUT2D eigenvalue weighted by Crippen LogP contribution is 2.43. The first-order valence-corrected chi connectivity index (χ1v) is 9.82. The normalized spacial score (nSPS) is 27.8. The highest BCUT2D eigenvalue weighted by molar-refractivity contribution is 8.00. The van der Waals surface area contributed by atoms with Crippen LogP contribution in [0.5, 0.6) is 0 Å². The predicted molar refractivity (Wildman–Crippen MR) is 95.2 cm³/mol. The van der Waals surface area contributed by atoms with Crippen molar-refractivity contribution >= 4 is 35.4 Å². The average Bonchev–Trinajstić information content (AvgIpc) is 3.07. The Hall–Kier alpha value is -1.37. The fourth-order valence-electron chi connectivity index (χ4n) is 2.51. The minimum atomic E-state index is -1.01. The summed E-state index contributed by atoms with van der Waals surface area (Å²) in [6, 6.07) is -0.503. The van der Waals surface area contributed by atoms with Crippen LogP contribution in [0.1, 0.15) is 6.92 Å². The number of amides is 1. The summed E-state index contributed by atoms with van der Waals surface area (Å²) in [4.78, 5) is 25.2. The number of aryl methyl sites for hydroxylation is 1. The van der Waals surface area contributed by atoms with Crippen molar-refractivity contribution in [3.05, 3.63) is 0 Å². The van der Waals surface area contributed by atoms with Gasteiger partial charge in [-0.05, 0) is 31.4 Å². The topological polar surface area (TPSA) is 139 Å². The van der Waals surface area contributed by atoms with Gasteiger partial charge in [-0.15, -0.1) is 16.9 Å². The second-order valence-electron chi connectivity index (χ2n) is 5.84. The number of nitrogens with zero attached hydrogens (tertiary/aromatic N) is 5. The van der Waals surface area contributed by atoms with Crippen molar-refractivity contribution in [3.63, 3.8) is 0 Å². The van der Waals surface area contributed by atoms with E-state index in [2.05, 4.69) is 20.8 Å². The number of carboxylic acid groups (broad SMARTS) is 1. The van der Waals surface area contributed by atoms with Crippen molar-refractivity contribution in [2.75, 3.05) is 32.1 Å². The lowest BCUT2D eigenvalue weighted by atomic mass is 9.89. The number of aliphatic carboxylic acids is 1. The number of carbonyl (C=O) groups excluding carboxylic acids is 1. The van der Waals surface area contributed by atoms with Crippen LogP contribution in [0.3, 0.4) is 0 Å². The molecule has 2 unspecified atom stereocenters. The Bertz CT molecular complexity index is 629. The smallest absolute Gasteiger partial charge is 0.313 e. The summed E-state index contributed by atoms with van der Waals surface area (Å²) in [7, 11) is 3.75. The first-order valence-electron chi connectivity index (χ1n) is 7.78. The predicted octanol–water partition coefficient (Wildman–Crippen LogP) is -1.07. The van der Waals surface area contributed by atoms with Gasteiger partial charge < -0.3 is 21.1 Å². The van der Waals surface area contributed by atoms with Gasteiger partial charge in [0.05, 0.1) is 0 Å². The third kappa shape index (κ3) is 3.91. The Labute approximate surface area is 154 Å². The monoisotopic (exact) mass is 389 g/mol.